The van der Waals surface area contributed by atoms with E-state index in [9.17, 15) is 0 Å². The van der Waals surface area contributed by atoms with Crippen LogP contribution in [0.5, 0.6) is 0 Å². The molecule has 3 rings (SSSR count). The van der Waals surface area contributed by atoms with Gasteiger partial charge in [0.05, 0.1) is 5.69 Å². The molecular weight excluding hydrogens is 266 g/mol. The molecule has 0 saturated heterocycles. The number of pyridine rings is 1. The van der Waals surface area contributed by atoms with Crippen LogP contribution < -0.4 is 0 Å². The molecule has 1 heteroatoms. The Hall–Kier alpha value is -2.41. The smallest absolute Gasteiger partial charge is 0.0705 e. The maximum Gasteiger partial charge on any atom is 0.0705 e. The Balaban J connectivity index is 1.99. The molecule has 110 valence electrons. The first kappa shape index (κ1) is 14.5. The summed E-state index contributed by atoms with van der Waals surface area (Å²) in [5, 5.41) is 0. The van der Waals surface area contributed by atoms with Crippen LogP contribution in [0.15, 0.2) is 72.8 Å². The molecule has 0 amide bonds. The zero-order valence-corrected chi connectivity index (χ0v) is 13.2. The van der Waals surface area contributed by atoms with Gasteiger partial charge in [0.2, 0.25) is 0 Å². The van der Waals surface area contributed by atoms with Gasteiger partial charge in [0, 0.05) is 11.3 Å². The van der Waals surface area contributed by atoms with Gasteiger partial charge in [0.25, 0.3) is 0 Å². The molecule has 0 aliphatic rings. The summed E-state index contributed by atoms with van der Waals surface area (Å²) in [6.45, 7) is 4.43. The normalized spacial score (nSPS) is 12.1. The van der Waals surface area contributed by atoms with Crippen LogP contribution in [-0.4, -0.2) is 4.98 Å². The molecular formula is C21H21N. The Bertz CT molecular complexity index is 747. The third-order valence-corrected chi connectivity index (χ3v) is 4.15. The minimum Gasteiger partial charge on any atom is -0.253 e. The summed E-state index contributed by atoms with van der Waals surface area (Å²) in [6.07, 6.45) is 1.11. The van der Waals surface area contributed by atoms with Crippen LogP contribution in [0.2, 0.25) is 0 Å². The molecule has 0 bridgehead atoms. The molecule has 1 aromatic heterocycles. The van der Waals surface area contributed by atoms with Crippen molar-refractivity contribution in [1.29, 1.82) is 0 Å². The Morgan fingerprint density at radius 3 is 2.23 bits per heavy atom. The fourth-order valence-electron chi connectivity index (χ4n) is 2.58. The predicted molar refractivity (Wildman–Crippen MR) is 93.8 cm³/mol. The molecule has 0 aliphatic heterocycles. The first-order chi connectivity index (χ1) is 10.8. The van der Waals surface area contributed by atoms with Gasteiger partial charge in [-0.1, -0.05) is 68.4 Å². The lowest BCUT2D eigenvalue weighted by Crippen LogP contribution is -1.96. The molecule has 1 unspecified atom stereocenters. The maximum atomic E-state index is 4.85. The largest absolute Gasteiger partial charge is 0.253 e. The number of aromatic nitrogens is 1. The highest BCUT2D eigenvalue weighted by molar-refractivity contribution is 5.71. The summed E-state index contributed by atoms with van der Waals surface area (Å²) in [5.74, 6) is 0.497. The molecule has 0 saturated carbocycles. The van der Waals surface area contributed by atoms with Crippen molar-refractivity contribution < 1.29 is 0 Å². The maximum absolute atomic E-state index is 4.85. The van der Waals surface area contributed by atoms with Gasteiger partial charge in [0.15, 0.2) is 0 Å². The van der Waals surface area contributed by atoms with Crippen molar-refractivity contribution in [3.63, 3.8) is 0 Å². The first-order valence-electron chi connectivity index (χ1n) is 7.90. The van der Waals surface area contributed by atoms with Crippen LogP contribution in [0.25, 0.3) is 22.4 Å². The molecule has 1 atom stereocenters. The van der Waals surface area contributed by atoms with Crippen LogP contribution in [0.3, 0.4) is 0 Å². The topological polar surface area (TPSA) is 12.9 Å². The van der Waals surface area contributed by atoms with E-state index in [1.54, 1.807) is 0 Å². The monoisotopic (exact) mass is 287 g/mol. The quantitative estimate of drug-likeness (QED) is 0.579. The fraction of sp³-hybridized carbons (Fsp3) is 0.190. The number of rotatable bonds is 4. The Kier molecular flexibility index (Phi) is 4.34. The van der Waals surface area contributed by atoms with Gasteiger partial charge >= 0.3 is 0 Å². The van der Waals surface area contributed by atoms with E-state index in [1.807, 2.05) is 6.07 Å². The van der Waals surface area contributed by atoms with Crippen LogP contribution in [0, 0.1) is 0 Å². The molecule has 1 nitrogen and oxygen atoms in total. The van der Waals surface area contributed by atoms with E-state index in [0.717, 1.165) is 12.1 Å². The SMILES string of the molecule is CCC(C)c1cccc(-c2cccc(-c3ccccc3)c2)n1. The molecule has 0 radical (unpaired) electrons. The second-order valence-corrected chi connectivity index (χ2v) is 5.70. The summed E-state index contributed by atoms with van der Waals surface area (Å²) in [7, 11) is 0. The first-order valence-corrected chi connectivity index (χ1v) is 7.90. The van der Waals surface area contributed by atoms with Crippen molar-refractivity contribution >= 4 is 0 Å². The summed E-state index contributed by atoms with van der Waals surface area (Å²) < 4.78 is 0. The average Bonchev–Trinajstić information content (AvgIpc) is 2.62. The van der Waals surface area contributed by atoms with E-state index in [-0.39, 0.29) is 0 Å². The van der Waals surface area contributed by atoms with E-state index >= 15 is 0 Å². The van der Waals surface area contributed by atoms with Gasteiger partial charge < -0.3 is 0 Å². The van der Waals surface area contributed by atoms with Crippen LogP contribution in [-0.2, 0) is 0 Å². The van der Waals surface area contributed by atoms with Crippen LogP contribution in [0.1, 0.15) is 31.9 Å². The van der Waals surface area contributed by atoms with Gasteiger partial charge in [-0.25, -0.2) is 0 Å². The average molecular weight is 287 g/mol. The van der Waals surface area contributed by atoms with E-state index in [0.29, 0.717) is 5.92 Å². The van der Waals surface area contributed by atoms with Gasteiger partial charge in [-0.05, 0) is 41.7 Å². The number of benzene rings is 2. The van der Waals surface area contributed by atoms with Gasteiger partial charge in [-0.2, -0.15) is 0 Å². The van der Waals surface area contributed by atoms with Crippen LogP contribution in [0.4, 0.5) is 0 Å². The van der Waals surface area contributed by atoms with Crippen molar-refractivity contribution in [3.8, 4) is 22.4 Å². The molecule has 0 spiro atoms. The fourth-order valence-corrected chi connectivity index (χ4v) is 2.58. The third-order valence-electron chi connectivity index (χ3n) is 4.15. The summed E-state index contributed by atoms with van der Waals surface area (Å²) in [5.41, 5.74) is 5.86. The van der Waals surface area contributed by atoms with Crippen molar-refractivity contribution in [2.75, 3.05) is 0 Å². The Morgan fingerprint density at radius 2 is 1.45 bits per heavy atom. The highest BCUT2D eigenvalue weighted by Gasteiger charge is 2.07. The zero-order chi connectivity index (χ0) is 15.4. The minimum absolute atomic E-state index is 0.497. The lowest BCUT2D eigenvalue weighted by atomic mass is 10.00. The van der Waals surface area contributed by atoms with Gasteiger partial charge in [0.1, 0.15) is 0 Å². The highest BCUT2D eigenvalue weighted by atomic mass is 14.7. The van der Waals surface area contributed by atoms with Crippen molar-refractivity contribution in [2.24, 2.45) is 0 Å². The molecule has 0 aliphatic carbocycles. The van der Waals surface area contributed by atoms with Crippen molar-refractivity contribution in [2.45, 2.75) is 26.2 Å². The molecule has 1 heterocycles. The van der Waals surface area contributed by atoms with Gasteiger partial charge in [-0.15, -0.1) is 0 Å². The predicted octanol–water partition coefficient (Wildman–Crippen LogP) is 5.93. The second-order valence-electron chi connectivity index (χ2n) is 5.70. The Morgan fingerprint density at radius 1 is 0.773 bits per heavy atom. The Labute approximate surface area is 132 Å². The zero-order valence-electron chi connectivity index (χ0n) is 13.2. The lowest BCUT2D eigenvalue weighted by Gasteiger charge is -2.10. The summed E-state index contributed by atoms with van der Waals surface area (Å²) in [6, 6.07) is 25.4. The number of nitrogens with zero attached hydrogens (tertiary/aromatic N) is 1. The van der Waals surface area contributed by atoms with Gasteiger partial charge in [-0.3, -0.25) is 4.98 Å². The minimum atomic E-state index is 0.497. The number of hydrogen-bond donors (Lipinski definition) is 0. The highest BCUT2D eigenvalue weighted by Crippen LogP contribution is 2.26. The van der Waals surface area contributed by atoms with E-state index in [1.165, 1.54) is 22.4 Å². The molecule has 0 fully saturated rings. The van der Waals surface area contributed by atoms with Crippen molar-refractivity contribution in [1.82, 2.24) is 4.98 Å². The van der Waals surface area contributed by atoms with Crippen LogP contribution >= 0.6 is 0 Å². The lowest BCUT2D eigenvalue weighted by molar-refractivity contribution is 0.709. The summed E-state index contributed by atoms with van der Waals surface area (Å²) in [4.78, 5) is 4.85. The third kappa shape index (κ3) is 3.09. The standard InChI is InChI=1S/C21H21N/c1-3-16(2)20-13-8-14-21(22-20)19-12-7-11-18(15-19)17-9-5-4-6-10-17/h4-16H,3H2,1-2H3. The van der Waals surface area contributed by atoms with E-state index in [2.05, 4.69) is 80.6 Å². The molecule has 2 aromatic carbocycles. The van der Waals surface area contributed by atoms with E-state index < -0.39 is 0 Å². The molecule has 3 aromatic rings. The number of hydrogen-bond acceptors (Lipinski definition) is 1. The van der Waals surface area contributed by atoms with E-state index in [4.69, 9.17) is 4.98 Å². The summed E-state index contributed by atoms with van der Waals surface area (Å²) >= 11 is 0. The molecule has 0 N–H and O–H groups in total. The second kappa shape index (κ2) is 6.57. The van der Waals surface area contributed by atoms with Crippen molar-refractivity contribution in [3.05, 3.63) is 78.5 Å². The molecule has 22 heavy (non-hydrogen) atoms.